The molecule has 2 nitrogen and oxygen atoms in total. The van der Waals surface area contributed by atoms with Crippen LogP contribution in [0.1, 0.15) is 428 Å². The summed E-state index contributed by atoms with van der Waals surface area (Å²) >= 11 is 0. The van der Waals surface area contributed by atoms with Crippen LogP contribution in [0.2, 0.25) is 24.2 Å². The quantitative estimate of drug-likeness (QED) is 0.0341. The van der Waals surface area contributed by atoms with Crippen LogP contribution < -0.4 is 0 Å². The SMILES string of the molecule is CCCCCCCCCCCCCCCC[Si](CCCCCCCCCCCCCCCC)(OCC)C(CC)SSSSC(CC)[Si](CCCCCCCCCCCCCCCC)(CCCCCCCCCCCCCCCC)OCC. The van der Waals surface area contributed by atoms with Gasteiger partial charge in [0, 0.05) is 23.0 Å². The Hall–Kier alpha value is 1.75. The van der Waals surface area contributed by atoms with Crippen LogP contribution in [0, 0.1) is 0 Å². The third-order valence-electron chi connectivity index (χ3n) is 18.9. The van der Waals surface area contributed by atoms with Crippen LogP contribution >= 0.6 is 41.2 Å². The van der Waals surface area contributed by atoms with E-state index in [9.17, 15) is 0 Å². The summed E-state index contributed by atoms with van der Waals surface area (Å²) in [7, 11) is 4.94. The average molecular weight is 1260 g/mol. The van der Waals surface area contributed by atoms with Gasteiger partial charge >= 0.3 is 0 Å². The lowest BCUT2D eigenvalue weighted by Gasteiger charge is -2.38. The maximum Gasteiger partial charge on any atom is 0.206 e. The highest BCUT2D eigenvalue weighted by Gasteiger charge is 2.44. The molecule has 2 atom stereocenters. The van der Waals surface area contributed by atoms with Gasteiger partial charge in [0.15, 0.2) is 0 Å². The highest BCUT2D eigenvalue weighted by atomic mass is 33.7. The predicted octanol–water partition coefficient (Wildman–Crippen LogP) is 30.2. The minimum absolute atomic E-state index is 0.676. The molecule has 0 N–H and O–H groups in total. The van der Waals surface area contributed by atoms with E-state index in [2.05, 4.69) is 96.6 Å². The normalized spacial score (nSPS) is 13.0. The first kappa shape index (κ1) is 83.8. The molecule has 494 valence electrons. The standard InChI is InChI=1S/C74H154O2S4Si2/c1-9-17-21-25-29-33-37-41-45-49-53-57-61-65-69-81(75-15-7,70-66-62-58-54-50-46-42-38-34-30-26-22-18-10-2)73(13-5)77-79-80-78-74(14-6)82(76-16-8,71-67-63-59-55-51-47-43-39-35-31-27-23-19-11-3)72-68-64-60-56-52-48-44-40-36-32-28-24-20-12-4/h73-74H,9-72H2,1-8H3. The Morgan fingerprint density at radius 1 is 0.207 bits per heavy atom. The van der Waals surface area contributed by atoms with E-state index in [-0.39, 0.29) is 0 Å². The van der Waals surface area contributed by atoms with Crippen LogP contribution in [0.4, 0.5) is 0 Å². The van der Waals surface area contributed by atoms with Crippen molar-refractivity contribution in [3.8, 4) is 0 Å². The molecule has 82 heavy (non-hydrogen) atoms. The van der Waals surface area contributed by atoms with Crippen LogP contribution in [0.15, 0.2) is 0 Å². The van der Waals surface area contributed by atoms with Gasteiger partial charge in [-0.15, -0.1) is 0 Å². The fourth-order valence-electron chi connectivity index (χ4n) is 13.6. The summed E-state index contributed by atoms with van der Waals surface area (Å²) in [5.41, 5.74) is 0. The summed E-state index contributed by atoms with van der Waals surface area (Å²) in [6.07, 6.45) is 83.1. The van der Waals surface area contributed by atoms with E-state index in [1.165, 1.54) is 397 Å². The van der Waals surface area contributed by atoms with Gasteiger partial charge < -0.3 is 8.85 Å². The van der Waals surface area contributed by atoms with Gasteiger partial charge in [0.05, 0.1) is 0 Å². The number of hydrogen-bond acceptors (Lipinski definition) is 6. The molecule has 0 rings (SSSR count). The topological polar surface area (TPSA) is 18.5 Å². The molecule has 0 radical (unpaired) electrons. The van der Waals surface area contributed by atoms with Gasteiger partial charge in [-0.25, -0.2) is 0 Å². The van der Waals surface area contributed by atoms with E-state index >= 15 is 0 Å². The Morgan fingerprint density at radius 2 is 0.354 bits per heavy atom. The van der Waals surface area contributed by atoms with Gasteiger partial charge in [0.25, 0.3) is 0 Å². The first-order chi connectivity index (χ1) is 40.5. The highest BCUT2D eigenvalue weighted by molar-refractivity contribution is 9.26. The summed E-state index contributed by atoms with van der Waals surface area (Å²) in [6.45, 7) is 20.8. The molecule has 0 aliphatic carbocycles. The second-order valence-electron chi connectivity index (χ2n) is 26.5. The second kappa shape index (κ2) is 68.7. The summed E-state index contributed by atoms with van der Waals surface area (Å²) in [4.78, 5) is 1.35. The zero-order valence-corrected chi connectivity index (χ0v) is 63.1. The van der Waals surface area contributed by atoms with Crippen molar-refractivity contribution in [1.82, 2.24) is 0 Å². The maximum absolute atomic E-state index is 7.30. The van der Waals surface area contributed by atoms with Gasteiger partial charge in [-0.05, 0) is 70.5 Å². The van der Waals surface area contributed by atoms with Gasteiger partial charge in [0.1, 0.15) is 0 Å². The van der Waals surface area contributed by atoms with Gasteiger partial charge in [-0.2, -0.15) is 0 Å². The van der Waals surface area contributed by atoms with E-state index in [1.54, 1.807) is 0 Å². The predicted molar refractivity (Wildman–Crippen MR) is 394 cm³/mol. The summed E-state index contributed by atoms with van der Waals surface area (Å²) < 4.78 is 14.6. The van der Waals surface area contributed by atoms with E-state index in [0.717, 1.165) is 13.2 Å². The van der Waals surface area contributed by atoms with Crippen molar-refractivity contribution in [2.45, 2.75) is 462 Å². The van der Waals surface area contributed by atoms with Crippen molar-refractivity contribution < 1.29 is 8.85 Å². The van der Waals surface area contributed by atoms with Gasteiger partial charge in [0.2, 0.25) is 16.6 Å². The molecule has 0 saturated heterocycles. The Bertz CT molecular complexity index is 1030. The van der Waals surface area contributed by atoms with E-state index < -0.39 is 16.6 Å². The molecule has 2 unspecified atom stereocenters. The van der Waals surface area contributed by atoms with Crippen molar-refractivity contribution in [3.05, 3.63) is 0 Å². The van der Waals surface area contributed by atoms with E-state index in [1.807, 2.05) is 0 Å². The molecule has 8 heteroatoms. The average Bonchev–Trinajstić information content (AvgIpc) is 3.57. The Labute approximate surface area is 537 Å². The first-order valence-corrected chi connectivity index (χ1v) is 48.2. The van der Waals surface area contributed by atoms with Crippen LogP contribution in [-0.2, 0) is 8.85 Å². The van der Waals surface area contributed by atoms with Crippen molar-refractivity contribution in [3.63, 3.8) is 0 Å². The second-order valence-corrected chi connectivity index (χ2v) is 41.8. The van der Waals surface area contributed by atoms with Crippen molar-refractivity contribution in [2.75, 3.05) is 13.2 Å². The van der Waals surface area contributed by atoms with Crippen molar-refractivity contribution >= 4 is 57.9 Å². The van der Waals surface area contributed by atoms with Crippen LogP contribution in [-0.4, -0.2) is 39.6 Å². The third-order valence-corrected chi connectivity index (χ3v) is 39.7. The van der Waals surface area contributed by atoms with E-state index in [4.69, 9.17) is 8.85 Å². The third kappa shape index (κ3) is 52.5. The lowest BCUT2D eigenvalue weighted by Crippen LogP contribution is -2.48. The van der Waals surface area contributed by atoms with Gasteiger partial charge in [-0.1, -0.05) is 423 Å². The van der Waals surface area contributed by atoms with E-state index in [0.29, 0.717) is 9.75 Å². The van der Waals surface area contributed by atoms with Gasteiger partial charge in [-0.3, -0.25) is 0 Å². The molecule has 0 spiro atoms. The molecular weight excluding hydrogens is 1110 g/mol. The highest BCUT2D eigenvalue weighted by Crippen LogP contribution is 2.53. The molecule has 0 amide bonds. The largest absolute Gasteiger partial charge is 0.416 e. The van der Waals surface area contributed by atoms with Crippen molar-refractivity contribution in [1.29, 1.82) is 0 Å². The lowest BCUT2D eigenvalue weighted by atomic mass is 10.0. The van der Waals surface area contributed by atoms with Crippen LogP contribution in [0.25, 0.3) is 0 Å². The zero-order valence-electron chi connectivity index (χ0n) is 57.9. The number of unbranched alkanes of at least 4 members (excludes halogenated alkanes) is 52. The van der Waals surface area contributed by atoms with Crippen LogP contribution in [0.5, 0.6) is 0 Å². The molecular formula is C74H154O2S4Si2. The zero-order chi connectivity index (χ0) is 59.7. The minimum Gasteiger partial charge on any atom is -0.416 e. The molecule has 0 aliphatic heterocycles. The Balaban J connectivity index is 5.66. The fraction of sp³-hybridized carbons (Fsp3) is 1.00. The Morgan fingerprint density at radius 3 is 0.488 bits per heavy atom. The molecule has 0 bridgehead atoms. The molecule has 0 aromatic heterocycles. The fourth-order valence-corrected chi connectivity index (χ4v) is 37.0. The summed E-state index contributed by atoms with van der Waals surface area (Å²) in [6, 6.07) is 5.55. The maximum atomic E-state index is 7.30. The summed E-state index contributed by atoms with van der Waals surface area (Å²) in [5.74, 6) is 0. The summed E-state index contributed by atoms with van der Waals surface area (Å²) in [5, 5.41) is 0. The molecule has 0 saturated carbocycles. The Kier molecular flexibility index (Phi) is 70.1. The molecule has 0 heterocycles. The molecule has 0 aromatic rings. The lowest BCUT2D eigenvalue weighted by molar-refractivity contribution is 0.312. The number of hydrogen-bond donors (Lipinski definition) is 0. The smallest absolute Gasteiger partial charge is 0.206 e. The molecule has 0 aliphatic rings. The molecule has 0 aromatic carbocycles. The van der Waals surface area contributed by atoms with Crippen LogP contribution in [0.3, 0.4) is 0 Å². The van der Waals surface area contributed by atoms with Crippen molar-refractivity contribution in [2.24, 2.45) is 0 Å². The number of rotatable bonds is 73. The molecule has 0 fully saturated rings. The first-order valence-electron chi connectivity index (χ1n) is 38.4. The minimum atomic E-state index is -1.95. The monoisotopic (exact) mass is 1260 g/mol.